The van der Waals surface area contributed by atoms with Crippen molar-refractivity contribution in [3.63, 3.8) is 0 Å². The van der Waals surface area contributed by atoms with Gasteiger partial charge >= 0.3 is 5.97 Å². The largest absolute Gasteiger partial charge is 0.480 e. The summed E-state index contributed by atoms with van der Waals surface area (Å²) in [4.78, 5) is 22.6. The van der Waals surface area contributed by atoms with E-state index in [9.17, 15) is 9.59 Å². The normalized spacial score (nSPS) is 12.1. The van der Waals surface area contributed by atoms with Crippen molar-refractivity contribution in [2.75, 3.05) is 12.4 Å². The molecule has 98 valence electrons. The van der Waals surface area contributed by atoms with E-state index in [-0.39, 0.29) is 0 Å². The minimum absolute atomic E-state index is 0.574. The van der Waals surface area contributed by atoms with E-state index in [1.807, 2.05) is 36.4 Å². The summed E-state index contributed by atoms with van der Waals surface area (Å²) in [6.45, 7) is 0. The van der Waals surface area contributed by atoms with Crippen LogP contribution < -0.4 is 10.6 Å². The second-order valence-corrected chi connectivity index (χ2v) is 4.11. The van der Waals surface area contributed by atoms with E-state index in [0.717, 1.165) is 10.8 Å². The Morgan fingerprint density at radius 1 is 1.11 bits per heavy atom. The summed E-state index contributed by atoms with van der Waals surface area (Å²) in [5.41, 5.74) is 0.574. The SMILES string of the molecule is CNC(C(=O)O)C(=O)Nc1ccc2ccccc2c1. The van der Waals surface area contributed by atoms with Gasteiger partial charge in [-0.2, -0.15) is 0 Å². The lowest BCUT2D eigenvalue weighted by Crippen LogP contribution is -2.44. The molecule has 0 heterocycles. The average molecular weight is 258 g/mol. The van der Waals surface area contributed by atoms with Crippen LogP contribution in [0.25, 0.3) is 10.8 Å². The van der Waals surface area contributed by atoms with Gasteiger partial charge in [0.05, 0.1) is 0 Å². The Balaban J connectivity index is 2.21. The van der Waals surface area contributed by atoms with Crippen molar-refractivity contribution in [3.8, 4) is 0 Å². The molecule has 3 N–H and O–H groups in total. The molecule has 0 saturated heterocycles. The monoisotopic (exact) mass is 258 g/mol. The van der Waals surface area contributed by atoms with Crippen LogP contribution in [0, 0.1) is 0 Å². The van der Waals surface area contributed by atoms with Crippen molar-refractivity contribution >= 4 is 28.3 Å². The maximum atomic E-state index is 11.8. The third-order valence-corrected chi connectivity index (χ3v) is 2.81. The maximum Gasteiger partial charge on any atom is 0.330 e. The van der Waals surface area contributed by atoms with Crippen LogP contribution in [0.15, 0.2) is 42.5 Å². The molecule has 0 aliphatic heterocycles. The molecule has 0 saturated carbocycles. The molecule has 2 rings (SSSR count). The number of likely N-dealkylation sites (N-methyl/N-ethyl adjacent to an activating group) is 1. The predicted octanol–water partition coefficient (Wildman–Crippen LogP) is 1.45. The van der Waals surface area contributed by atoms with Crippen molar-refractivity contribution in [1.82, 2.24) is 5.32 Å². The van der Waals surface area contributed by atoms with Crippen LogP contribution in [-0.2, 0) is 9.59 Å². The van der Waals surface area contributed by atoms with Crippen molar-refractivity contribution < 1.29 is 14.7 Å². The number of carbonyl (C=O) groups is 2. The molecule has 5 heteroatoms. The van der Waals surface area contributed by atoms with E-state index in [2.05, 4.69) is 10.6 Å². The van der Waals surface area contributed by atoms with E-state index in [1.54, 1.807) is 6.07 Å². The van der Waals surface area contributed by atoms with Crippen LogP contribution in [-0.4, -0.2) is 30.1 Å². The molecule has 1 unspecified atom stereocenters. The highest BCUT2D eigenvalue weighted by Gasteiger charge is 2.23. The smallest absolute Gasteiger partial charge is 0.330 e. The lowest BCUT2D eigenvalue weighted by molar-refractivity contribution is -0.142. The highest BCUT2D eigenvalue weighted by atomic mass is 16.4. The third kappa shape index (κ3) is 2.89. The average Bonchev–Trinajstić information content (AvgIpc) is 2.39. The number of aliphatic carboxylic acids is 1. The maximum absolute atomic E-state index is 11.8. The number of amides is 1. The van der Waals surface area contributed by atoms with E-state index < -0.39 is 17.9 Å². The first-order valence-electron chi connectivity index (χ1n) is 5.81. The second kappa shape index (κ2) is 5.49. The van der Waals surface area contributed by atoms with Gasteiger partial charge in [-0.3, -0.25) is 10.1 Å². The number of hydrogen-bond donors (Lipinski definition) is 3. The van der Waals surface area contributed by atoms with Crippen LogP contribution >= 0.6 is 0 Å². The number of carbonyl (C=O) groups excluding carboxylic acids is 1. The fourth-order valence-electron chi connectivity index (χ4n) is 1.85. The number of nitrogens with one attached hydrogen (secondary N) is 2. The Morgan fingerprint density at radius 3 is 2.42 bits per heavy atom. The topological polar surface area (TPSA) is 78.4 Å². The molecule has 2 aromatic rings. The number of rotatable bonds is 4. The fraction of sp³-hybridized carbons (Fsp3) is 0.143. The van der Waals surface area contributed by atoms with E-state index >= 15 is 0 Å². The lowest BCUT2D eigenvalue weighted by atomic mass is 10.1. The number of benzene rings is 2. The fourth-order valence-corrected chi connectivity index (χ4v) is 1.85. The molecule has 0 fully saturated rings. The van der Waals surface area contributed by atoms with Gasteiger partial charge in [0.25, 0.3) is 5.91 Å². The van der Waals surface area contributed by atoms with Gasteiger partial charge in [-0.05, 0) is 30.0 Å². The molecule has 0 aliphatic carbocycles. The van der Waals surface area contributed by atoms with Crippen molar-refractivity contribution in [1.29, 1.82) is 0 Å². The Morgan fingerprint density at radius 2 is 1.79 bits per heavy atom. The number of anilines is 1. The minimum atomic E-state index is -1.26. The molecule has 5 nitrogen and oxygen atoms in total. The summed E-state index contributed by atoms with van der Waals surface area (Å²) >= 11 is 0. The van der Waals surface area contributed by atoms with Gasteiger partial charge in [0.1, 0.15) is 0 Å². The van der Waals surface area contributed by atoms with Crippen LogP contribution in [0.4, 0.5) is 5.69 Å². The summed E-state index contributed by atoms with van der Waals surface area (Å²) < 4.78 is 0. The Labute approximate surface area is 110 Å². The number of carboxylic acid groups (broad SMARTS) is 1. The zero-order valence-corrected chi connectivity index (χ0v) is 10.4. The van der Waals surface area contributed by atoms with Crippen LogP contribution in [0.2, 0.25) is 0 Å². The first kappa shape index (κ1) is 13.0. The van der Waals surface area contributed by atoms with Crippen LogP contribution in [0.3, 0.4) is 0 Å². The molecule has 0 bridgehead atoms. The van der Waals surface area contributed by atoms with Crippen LogP contribution in [0.1, 0.15) is 0 Å². The zero-order valence-electron chi connectivity index (χ0n) is 10.4. The van der Waals surface area contributed by atoms with Gasteiger partial charge in [-0.1, -0.05) is 30.3 Å². The first-order valence-corrected chi connectivity index (χ1v) is 5.81. The van der Waals surface area contributed by atoms with Gasteiger partial charge in [0.2, 0.25) is 0 Å². The highest BCUT2D eigenvalue weighted by Crippen LogP contribution is 2.18. The first-order chi connectivity index (χ1) is 9.11. The predicted molar refractivity (Wildman–Crippen MR) is 73.1 cm³/mol. The molecular formula is C14H14N2O3. The van der Waals surface area contributed by atoms with Gasteiger partial charge in [-0.15, -0.1) is 0 Å². The van der Waals surface area contributed by atoms with Crippen molar-refractivity contribution in [2.24, 2.45) is 0 Å². The van der Waals surface area contributed by atoms with E-state index in [1.165, 1.54) is 7.05 Å². The van der Waals surface area contributed by atoms with Gasteiger partial charge in [0.15, 0.2) is 6.04 Å². The van der Waals surface area contributed by atoms with Gasteiger partial charge < -0.3 is 10.4 Å². The molecule has 1 amide bonds. The summed E-state index contributed by atoms with van der Waals surface area (Å²) in [5, 5.41) is 15.9. The molecule has 0 spiro atoms. The number of hydrogen-bond acceptors (Lipinski definition) is 3. The number of fused-ring (bicyclic) bond motifs is 1. The van der Waals surface area contributed by atoms with Crippen LogP contribution in [0.5, 0.6) is 0 Å². The molecule has 2 aromatic carbocycles. The minimum Gasteiger partial charge on any atom is -0.480 e. The van der Waals surface area contributed by atoms with Gasteiger partial charge in [-0.25, -0.2) is 4.79 Å². The molecule has 19 heavy (non-hydrogen) atoms. The zero-order chi connectivity index (χ0) is 13.8. The summed E-state index contributed by atoms with van der Waals surface area (Å²) in [6.07, 6.45) is 0. The third-order valence-electron chi connectivity index (χ3n) is 2.81. The second-order valence-electron chi connectivity index (χ2n) is 4.11. The summed E-state index contributed by atoms with van der Waals surface area (Å²) in [6, 6.07) is 11.9. The Kier molecular flexibility index (Phi) is 3.77. The van der Waals surface area contributed by atoms with E-state index in [0.29, 0.717) is 5.69 Å². The molecular weight excluding hydrogens is 244 g/mol. The summed E-state index contributed by atoms with van der Waals surface area (Å²) in [7, 11) is 1.43. The Bertz CT molecular complexity index is 625. The molecule has 0 radical (unpaired) electrons. The lowest BCUT2D eigenvalue weighted by Gasteiger charge is -2.12. The van der Waals surface area contributed by atoms with E-state index in [4.69, 9.17) is 5.11 Å². The van der Waals surface area contributed by atoms with Gasteiger partial charge in [0, 0.05) is 5.69 Å². The van der Waals surface area contributed by atoms with Crippen molar-refractivity contribution in [3.05, 3.63) is 42.5 Å². The Hall–Kier alpha value is -2.40. The van der Waals surface area contributed by atoms with Crippen molar-refractivity contribution in [2.45, 2.75) is 6.04 Å². The highest BCUT2D eigenvalue weighted by molar-refractivity contribution is 6.08. The summed E-state index contributed by atoms with van der Waals surface area (Å²) in [5.74, 6) is -1.80. The quantitative estimate of drug-likeness (QED) is 0.725. The molecule has 0 aliphatic rings. The number of carboxylic acids is 1. The molecule has 0 aromatic heterocycles. The standard InChI is InChI=1S/C14H14N2O3/c1-15-12(14(18)19)13(17)16-11-7-6-9-4-2-3-5-10(9)8-11/h2-8,12,15H,1H3,(H,16,17)(H,18,19). The molecule has 1 atom stereocenters.